The normalized spacial score (nSPS) is 18.3. The van der Waals surface area contributed by atoms with Crippen molar-refractivity contribution in [3.8, 4) is 11.5 Å². The molecule has 8 heteroatoms. The van der Waals surface area contributed by atoms with Gasteiger partial charge in [-0.05, 0) is 12.1 Å². The first-order valence-electron chi connectivity index (χ1n) is 7.10. The van der Waals surface area contributed by atoms with E-state index in [1.807, 2.05) is 0 Å². The van der Waals surface area contributed by atoms with Crippen LogP contribution >= 0.6 is 11.8 Å². The molecule has 0 aliphatic carbocycles. The molecule has 0 fully saturated rings. The number of carbonyl (C=O) groups excluding carboxylic acids is 1. The van der Waals surface area contributed by atoms with E-state index in [4.69, 9.17) is 9.47 Å². The molecular formula is C15H13N3O4S. The molecule has 1 atom stereocenters. The molecule has 1 aromatic heterocycles. The zero-order valence-corrected chi connectivity index (χ0v) is 12.8. The van der Waals surface area contributed by atoms with Crippen LogP contribution in [0, 0.1) is 5.92 Å². The third kappa shape index (κ3) is 2.65. The fourth-order valence-electron chi connectivity index (χ4n) is 2.53. The molecule has 0 bridgehead atoms. The first-order chi connectivity index (χ1) is 11.2. The third-order valence-electron chi connectivity index (χ3n) is 3.73. The van der Waals surface area contributed by atoms with Gasteiger partial charge in [-0.3, -0.25) is 14.2 Å². The van der Waals surface area contributed by atoms with Crippen LogP contribution in [0.2, 0.25) is 0 Å². The van der Waals surface area contributed by atoms with Crippen molar-refractivity contribution in [3.05, 3.63) is 40.8 Å². The van der Waals surface area contributed by atoms with Crippen molar-refractivity contribution in [3.63, 3.8) is 0 Å². The number of amides is 1. The van der Waals surface area contributed by atoms with Crippen LogP contribution in [-0.4, -0.2) is 28.0 Å². The van der Waals surface area contributed by atoms with Crippen LogP contribution in [0.1, 0.15) is 0 Å². The van der Waals surface area contributed by atoms with Crippen molar-refractivity contribution in [2.75, 3.05) is 17.9 Å². The molecule has 0 spiro atoms. The molecule has 1 N–H and O–H groups in total. The van der Waals surface area contributed by atoms with E-state index in [-0.39, 0.29) is 24.2 Å². The highest BCUT2D eigenvalue weighted by Gasteiger charge is 2.26. The highest BCUT2D eigenvalue weighted by atomic mass is 32.2. The van der Waals surface area contributed by atoms with E-state index < -0.39 is 0 Å². The summed E-state index contributed by atoms with van der Waals surface area (Å²) in [6, 6.07) is 6.67. The number of carbonyl (C=O) groups is 1. The molecule has 7 nitrogen and oxygen atoms in total. The SMILES string of the molecule is O=C(Nc1ccc2c(c1)OCO2)C1CSc2nccc(=O)n2C1. The second kappa shape index (κ2) is 5.62. The fraction of sp³-hybridized carbons (Fsp3) is 0.267. The summed E-state index contributed by atoms with van der Waals surface area (Å²) in [5.41, 5.74) is 0.511. The van der Waals surface area contributed by atoms with E-state index in [0.717, 1.165) is 0 Å². The van der Waals surface area contributed by atoms with Crippen LogP contribution in [0.4, 0.5) is 5.69 Å². The van der Waals surface area contributed by atoms with Crippen LogP contribution in [0.25, 0.3) is 0 Å². The Kier molecular flexibility index (Phi) is 3.45. The number of fused-ring (bicyclic) bond motifs is 2. The number of hydrogen-bond donors (Lipinski definition) is 1. The lowest BCUT2D eigenvalue weighted by atomic mass is 10.1. The summed E-state index contributed by atoms with van der Waals surface area (Å²) in [5.74, 6) is 1.46. The van der Waals surface area contributed by atoms with Gasteiger partial charge in [0.15, 0.2) is 16.7 Å². The number of anilines is 1. The van der Waals surface area contributed by atoms with Crippen LogP contribution in [0.3, 0.4) is 0 Å². The topological polar surface area (TPSA) is 82.5 Å². The molecule has 1 unspecified atom stereocenters. The van der Waals surface area contributed by atoms with Crippen molar-refractivity contribution >= 4 is 23.4 Å². The van der Waals surface area contributed by atoms with Gasteiger partial charge in [-0.1, -0.05) is 11.8 Å². The Labute approximate surface area is 135 Å². The van der Waals surface area contributed by atoms with Crippen LogP contribution in [0.5, 0.6) is 11.5 Å². The second-order valence-electron chi connectivity index (χ2n) is 5.24. The molecule has 0 saturated carbocycles. The molecular weight excluding hydrogens is 318 g/mol. The average Bonchev–Trinajstić information content (AvgIpc) is 3.02. The Balaban J connectivity index is 1.50. The van der Waals surface area contributed by atoms with Crippen molar-refractivity contribution in [1.82, 2.24) is 9.55 Å². The predicted molar refractivity (Wildman–Crippen MR) is 83.9 cm³/mol. The van der Waals surface area contributed by atoms with E-state index in [9.17, 15) is 9.59 Å². The number of aromatic nitrogens is 2. The van der Waals surface area contributed by atoms with Crippen LogP contribution in [-0.2, 0) is 11.3 Å². The molecule has 2 aliphatic heterocycles. The summed E-state index contributed by atoms with van der Waals surface area (Å²) in [6.45, 7) is 0.532. The Morgan fingerprint density at radius 3 is 3.09 bits per heavy atom. The smallest absolute Gasteiger partial charge is 0.254 e. The molecule has 4 rings (SSSR count). The van der Waals surface area contributed by atoms with Gasteiger partial charge in [0.25, 0.3) is 5.56 Å². The Morgan fingerprint density at radius 1 is 1.30 bits per heavy atom. The summed E-state index contributed by atoms with van der Waals surface area (Å²) in [6.07, 6.45) is 1.49. The summed E-state index contributed by atoms with van der Waals surface area (Å²) in [5, 5.41) is 3.53. The summed E-state index contributed by atoms with van der Waals surface area (Å²) < 4.78 is 12.1. The highest BCUT2D eigenvalue weighted by Crippen LogP contribution is 2.34. The number of rotatable bonds is 2. The van der Waals surface area contributed by atoms with E-state index in [2.05, 4.69) is 10.3 Å². The quantitative estimate of drug-likeness (QED) is 0.836. The van der Waals surface area contributed by atoms with Gasteiger partial charge in [-0.25, -0.2) is 4.98 Å². The zero-order valence-electron chi connectivity index (χ0n) is 12.0. The zero-order chi connectivity index (χ0) is 15.8. The first kappa shape index (κ1) is 14.1. The van der Waals surface area contributed by atoms with Crippen molar-refractivity contribution in [2.45, 2.75) is 11.7 Å². The molecule has 0 saturated heterocycles. The number of ether oxygens (including phenoxy) is 2. The molecule has 1 amide bonds. The first-order valence-corrected chi connectivity index (χ1v) is 8.08. The minimum absolute atomic E-state index is 0.127. The van der Waals surface area contributed by atoms with E-state index in [1.165, 1.54) is 28.6 Å². The lowest BCUT2D eigenvalue weighted by Crippen LogP contribution is -2.36. The van der Waals surface area contributed by atoms with Crippen molar-refractivity contribution in [1.29, 1.82) is 0 Å². The summed E-state index contributed by atoms with van der Waals surface area (Å²) in [7, 11) is 0. The number of nitrogens with zero attached hydrogens (tertiary/aromatic N) is 2. The maximum atomic E-state index is 12.5. The molecule has 0 radical (unpaired) electrons. The average molecular weight is 331 g/mol. The third-order valence-corrected chi connectivity index (χ3v) is 4.88. The molecule has 3 heterocycles. The van der Waals surface area contributed by atoms with Gasteiger partial charge in [-0.15, -0.1) is 0 Å². The maximum Gasteiger partial charge on any atom is 0.254 e. The van der Waals surface area contributed by atoms with Gasteiger partial charge >= 0.3 is 0 Å². The number of hydrogen-bond acceptors (Lipinski definition) is 6. The van der Waals surface area contributed by atoms with Crippen LogP contribution in [0.15, 0.2) is 40.4 Å². The minimum atomic E-state index is -0.292. The van der Waals surface area contributed by atoms with Gasteiger partial charge in [0.05, 0.1) is 5.92 Å². The van der Waals surface area contributed by atoms with E-state index in [0.29, 0.717) is 34.6 Å². The number of thioether (sulfide) groups is 1. The largest absolute Gasteiger partial charge is 0.454 e. The molecule has 2 aliphatic rings. The Morgan fingerprint density at radius 2 is 2.17 bits per heavy atom. The Hall–Kier alpha value is -2.48. The fourth-order valence-corrected chi connectivity index (χ4v) is 3.59. The monoisotopic (exact) mass is 331 g/mol. The predicted octanol–water partition coefficient (Wildman–Crippen LogP) is 1.33. The van der Waals surface area contributed by atoms with Crippen molar-refractivity contribution in [2.24, 2.45) is 5.92 Å². The summed E-state index contributed by atoms with van der Waals surface area (Å²) in [4.78, 5) is 28.5. The standard InChI is InChI=1S/C15H13N3O4S/c19-13-3-4-16-15-18(13)6-9(7-23-15)14(20)17-10-1-2-11-12(5-10)22-8-21-11/h1-5,9H,6-8H2,(H,17,20). The van der Waals surface area contributed by atoms with Gasteiger partial charge in [0.2, 0.25) is 12.7 Å². The molecule has 2 aromatic rings. The highest BCUT2D eigenvalue weighted by molar-refractivity contribution is 7.99. The van der Waals surface area contributed by atoms with Gasteiger partial charge < -0.3 is 14.8 Å². The minimum Gasteiger partial charge on any atom is -0.454 e. The molecule has 23 heavy (non-hydrogen) atoms. The van der Waals surface area contributed by atoms with E-state index in [1.54, 1.807) is 18.2 Å². The van der Waals surface area contributed by atoms with Gasteiger partial charge in [0, 0.05) is 36.3 Å². The number of benzene rings is 1. The lowest BCUT2D eigenvalue weighted by Gasteiger charge is -2.23. The maximum absolute atomic E-state index is 12.5. The van der Waals surface area contributed by atoms with E-state index >= 15 is 0 Å². The Bertz CT molecular complexity index is 836. The second-order valence-corrected chi connectivity index (χ2v) is 6.23. The molecule has 118 valence electrons. The van der Waals surface area contributed by atoms with Gasteiger partial charge in [-0.2, -0.15) is 0 Å². The molecule has 1 aromatic carbocycles. The summed E-state index contributed by atoms with van der Waals surface area (Å²) >= 11 is 1.42. The van der Waals surface area contributed by atoms with Gasteiger partial charge in [0.1, 0.15) is 0 Å². The number of nitrogens with one attached hydrogen (secondary N) is 1. The van der Waals surface area contributed by atoms with Crippen LogP contribution < -0.4 is 20.3 Å². The lowest BCUT2D eigenvalue weighted by molar-refractivity contribution is -0.119. The van der Waals surface area contributed by atoms with Crippen molar-refractivity contribution < 1.29 is 14.3 Å².